The number of sulfonamides is 1. The molecule has 2 aromatic rings. The van der Waals surface area contributed by atoms with Crippen LogP contribution in [0.1, 0.15) is 43.5 Å². The molecular formula is C26H29ClN3O7S2-. The zero-order chi connectivity index (χ0) is 28.2. The summed E-state index contributed by atoms with van der Waals surface area (Å²) in [6.45, 7) is 4.97. The zero-order valence-corrected chi connectivity index (χ0v) is 23.9. The van der Waals surface area contributed by atoms with Crippen LogP contribution in [-0.4, -0.2) is 65.0 Å². The molecule has 3 aliphatic rings. The first-order valence-corrected chi connectivity index (χ1v) is 15.5. The van der Waals surface area contributed by atoms with E-state index in [1.165, 1.54) is 46.8 Å². The minimum atomic E-state index is -3.71. The fraction of sp³-hybridized carbons (Fsp3) is 0.462. The van der Waals surface area contributed by atoms with Gasteiger partial charge in [-0.05, 0) is 66.6 Å². The van der Waals surface area contributed by atoms with Gasteiger partial charge < -0.3 is 14.6 Å². The molecule has 210 valence electrons. The van der Waals surface area contributed by atoms with Crippen LogP contribution in [0.2, 0.25) is 5.02 Å². The maximum atomic E-state index is 13.5. The predicted octanol–water partition coefficient (Wildman–Crippen LogP) is 3.36. The number of hydrogen-bond donors (Lipinski definition) is 1. The average Bonchev–Trinajstić information content (AvgIpc) is 3.26. The summed E-state index contributed by atoms with van der Waals surface area (Å²) in [4.78, 5) is 26.8. The molecule has 0 aromatic heterocycles. The van der Waals surface area contributed by atoms with Crippen LogP contribution in [-0.2, 0) is 30.8 Å². The Balaban J connectivity index is 1.46. The van der Waals surface area contributed by atoms with Crippen molar-refractivity contribution in [3.63, 3.8) is 0 Å². The first kappa shape index (κ1) is 28.2. The van der Waals surface area contributed by atoms with Gasteiger partial charge in [-0.1, -0.05) is 25.4 Å². The van der Waals surface area contributed by atoms with Crippen molar-refractivity contribution in [2.75, 3.05) is 35.9 Å². The van der Waals surface area contributed by atoms with Crippen LogP contribution in [0.15, 0.2) is 47.4 Å². The van der Waals surface area contributed by atoms with Gasteiger partial charge in [0, 0.05) is 41.5 Å². The Kier molecular flexibility index (Phi) is 7.40. The highest BCUT2D eigenvalue weighted by atomic mass is 35.5. The quantitative estimate of drug-likeness (QED) is 0.485. The second kappa shape index (κ2) is 10.2. The van der Waals surface area contributed by atoms with Crippen LogP contribution in [0.5, 0.6) is 0 Å². The monoisotopic (exact) mass is 594 g/mol. The molecule has 5 rings (SSSR count). The van der Waals surface area contributed by atoms with Gasteiger partial charge in [0.15, 0.2) is 5.78 Å². The van der Waals surface area contributed by atoms with Crippen molar-refractivity contribution >= 4 is 56.0 Å². The average molecular weight is 595 g/mol. The number of halogens is 1. The van der Waals surface area contributed by atoms with E-state index in [-0.39, 0.29) is 52.4 Å². The van der Waals surface area contributed by atoms with Crippen LogP contribution in [0.25, 0.3) is 0 Å². The van der Waals surface area contributed by atoms with E-state index < -0.39 is 38.2 Å². The van der Waals surface area contributed by atoms with Crippen molar-refractivity contribution in [1.29, 1.82) is 0 Å². The lowest BCUT2D eigenvalue weighted by Crippen LogP contribution is -2.59. The van der Waals surface area contributed by atoms with Crippen molar-refractivity contribution < 1.29 is 31.5 Å². The molecule has 2 aromatic carbocycles. The maximum absolute atomic E-state index is 13.5. The number of carbonyl (C=O) groups is 2. The SMILES string of the molecule is CC1(C)C2CCC1(N(c1ccc(Cl)cc1C(=O)Nc1ccc(S(=O)(=O)N3CCOCC3)cc1)S(=O)[O-])C(=O)C2. The standard InChI is InChI=1S/C26H30ClN3O7S2/c1-25(2)17-9-10-26(25,23(31)15-17)30(38(33)34)22-8-3-18(27)16-21(22)24(32)28-19-4-6-20(7-5-19)39(35,36)29-11-13-37-14-12-29/h3-8,16-17H,9-15H2,1-2H3,(H,28,32)(H,33,34)/p-1. The molecule has 10 nitrogen and oxygen atoms in total. The van der Waals surface area contributed by atoms with Crippen LogP contribution in [0.4, 0.5) is 11.4 Å². The summed E-state index contributed by atoms with van der Waals surface area (Å²) in [6.07, 6.45) is 1.36. The van der Waals surface area contributed by atoms with Crippen LogP contribution in [0.3, 0.4) is 0 Å². The lowest BCUT2D eigenvalue weighted by molar-refractivity contribution is -0.123. The molecule has 1 amide bonds. The maximum Gasteiger partial charge on any atom is 0.257 e. The Bertz CT molecular complexity index is 1440. The van der Waals surface area contributed by atoms with Gasteiger partial charge in [-0.25, -0.2) is 8.42 Å². The molecule has 1 heterocycles. The second-order valence-electron chi connectivity index (χ2n) is 10.6. The number of amides is 1. The molecule has 2 aliphatic carbocycles. The molecule has 1 aliphatic heterocycles. The van der Waals surface area contributed by atoms with E-state index in [0.717, 1.165) is 4.31 Å². The van der Waals surface area contributed by atoms with Crippen molar-refractivity contribution in [3.05, 3.63) is 53.1 Å². The Morgan fingerprint density at radius 2 is 1.85 bits per heavy atom. The molecule has 3 fully saturated rings. The first-order valence-electron chi connectivity index (χ1n) is 12.6. The molecule has 3 atom stereocenters. The number of fused-ring (bicyclic) bond motifs is 2. The van der Waals surface area contributed by atoms with Gasteiger partial charge in [0.05, 0.1) is 29.4 Å². The number of hydrogen-bond acceptors (Lipinski definition) is 7. The molecule has 0 spiro atoms. The highest BCUT2D eigenvalue weighted by molar-refractivity contribution is 7.89. The summed E-state index contributed by atoms with van der Waals surface area (Å²) in [5, 5.41) is 2.92. The van der Waals surface area contributed by atoms with Crippen molar-refractivity contribution in [2.45, 2.75) is 43.5 Å². The van der Waals surface area contributed by atoms with E-state index >= 15 is 0 Å². The molecular weight excluding hydrogens is 566 g/mol. The largest absolute Gasteiger partial charge is 0.755 e. The highest BCUT2D eigenvalue weighted by Gasteiger charge is 2.67. The van der Waals surface area contributed by atoms with Crippen LogP contribution in [0, 0.1) is 11.3 Å². The fourth-order valence-corrected chi connectivity index (χ4v) is 8.84. The number of Topliss-reactive ketones (excluding diaryl/α,β-unsaturated/α-hetero) is 1. The van der Waals surface area contributed by atoms with Gasteiger partial charge in [0.1, 0.15) is 5.54 Å². The molecule has 3 unspecified atom stereocenters. The molecule has 39 heavy (non-hydrogen) atoms. The lowest BCUT2D eigenvalue weighted by atomic mass is 9.75. The third kappa shape index (κ3) is 4.60. The van der Waals surface area contributed by atoms with Crippen molar-refractivity contribution in [2.24, 2.45) is 11.3 Å². The minimum Gasteiger partial charge on any atom is -0.755 e. The Labute approximate surface area is 235 Å². The minimum absolute atomic E-state index is 0.0231. The Morgan fingerprint density at radius 3 is 2.41 bits per heavy atom. The molecule has 1 N–H and O–H groups in total. The van der Waals surface area contributed by atoms with Gasteiger partial charge in [-0.2, -0.15) is 4.31 Å². The predicted molar refractivity (Wildman–Crippen MR) is 146 cm³/mol. The number of benzene rings is 2. The Morgan fingerprint density at radius 1 is 1.18 bits per heavy atom. The molecule has 13 heteroatoms. The summed E-state index contributed by atoms with van der Waals surface area (Å²) < 4.78 is 58.9. The summed E-state index contributed by atoms with van der Waals surface area (Å²) in [7, 11) is -3.71. The van der Waals surface area contributed by atoms with Crippen molar-refractivity contribution in [1.82, 2.24) is 4.31 Å². The van der Waals surface area contributed by atoms with E-state index in [2.05, 4.69) is 5.32 Å². The third-order valence-corrected chi connectivity index (χ3v) is 11.4. The van der Waals surface area contributed by atoms with Crippen molar-refractivity contribution in [3.8, 4) is 0 Å². The number of anilines is 2. The second-order valence-corrected chi connectivity index (χ2v) is 13.8. The number of nitrogens with zero attached hydrogens (tertiary/aromatic N) is 2. The first-order chi connectivity index (χ1) is 18.4. The van der Waals surface area contributed by atoms with Gasteiger partial charge in [0.2, 0.25) is 10.0 Å². The number of ketones is 1. The third-order valence-electron chi connectivity index (χ3n) is 8.47. The fourth-order valence-electron chi connectivity index (χ4n) is 6.25. The van der Waals surface area contributed by atoms with E-state index in [0.29, 0.717) is 31.7 Å². The van der Waals surface area contributed by atoms with E-state index in [1.54, 1.807) is 0 Å². The van der Waals surface area contributed by atoms with Gasteiger partial charge in [0.25, 0.3) is 5.91 Å². The number of carbonyl (C=O) groups excluding carboxylic acids is 2. The molecule has 1 saturated heterocycles. The molecule has 2 saturated carbocycles. The summed E-state index contributed by atoms with van der Waals surface area (Å²) >= 11 is 3.35. The summed E-state index contributed by atoms with van der Waals surface area (Å²) in [6, 6.07) is 10.00. The van der Waals surface area contributed by atoms with Crippen LogP contribution < -0.4 is 9.62 Å². The van der Waals surface area contributed by atoms with Gasteiger partial charge >= 0.3 is 0 Å². The van der Waals surface area contributed by atoms with Gasteiger partial charge in [-0.15, -0.1) is 0 Å². The van der Waals surface area contributed by atoms with E-state index in [9.17, 15) is 26.8 Å². The smallest absolute Gasteiger partial charge is 0.257 e. The van der Waals surface area contributed by atoms with E-state index in [1.807, 2.05) is 13.8 Å². The summed E-state index contributed by atoms with van der Waals surface area (Å²) in [5.41, 5.74) is -1.59. The lowest BCUT2D eigenvalue weighted by Gasteiger charge is -2.47. The number of nitrogens with one attached hydrogen (secondary N) is 1. The molecule has 0 radical (unpaired) electrons. The molecule has 2 bridgehead atoms. The zero-order valence-electron chi connectivity index (χ0n) is 21.5. The Hall–Kier alpha value is -2.35. The number of ether oxygens (including phenoxy) is 1. The number of rotatable bonds is 7. The highest BCUT2D eigenvalue weighted by Crippen LogP contribution is 2.62. The number of morpholine rings is 1. The normalized spacial score (nSPS) is 25.4. The van der Waals surface area contributed by atoms with Crippen LogP contribution >= 0.6 is 11.6 Å². The van der Waals surface area contributed by atoms with Gasteiger partial charge in [-0.3, -0.25) is 18.1 Å². The topological polar surface area (TPSA) is 136 Å². The van der Waals surface area contributed by atoms with E-state index in [4.69, 9.17) is 16.3 Å². The summed E-state index contributed by atoms with van der Waals surface area (Å²) in [5.74, 6) is -0.764.